The number of hydrogen-bond acceptors (Lipinski definition) is 12. The van der Waals surface area contributed by atoms with E-state index >= 15 is 0 Å². The Labute approximate surface area is 395 Å². The molecule has 1 unspecified atom stereocenters. The Morgan fingerprint density at radius 3 is 1.29 bits per heavy atom. The predicted molar refractivity (Wildman–Crippen MR) is 261 cm³/mol. The summed E-state index contributed by atoms with van der Waals surface area (Å²) in [7, 11) is 0. The van der Waals surface area contributed by atoms with Crippen molar-refractivity contribution >= 4 is 18.1 Å². The summed E-state index contributed by atoms with van der Waals surface area (Å²) in [5, 5.41) is 0. The van der Waals surface area contributed by atoms with E-state index in [1.54, 1.807) is 0 Å². The van der Waals surface area contributed by atoms with Crippen LogP contribution in [0.15, 0.2) is 48.6 Å². The van der Waals surface area contributed by atoms with Gasteiger partial charge in [0.05, 0.1) is 51.8 Å². The zero-order valence-corrected chi connectivity index (χ0v) is 41.7. The van der Waals surface area contributed by atoms with Gasteiger partial charge in [-0.25, -0.2) is 4.79 Å². The van der Waals surface area contributed by atoms with E-state index in [-0.39, 0.29) is 45.2 Å². The number of hydrogen-bond donors (Lipinski definition) is 0. The average Bonchev–Trinajstić information content (AvgIpc) is 3.32. The number of nitrogens with zero attached hydrogens (tertiary/aromatic N) is 1. The first-order valence-electron chi connectivity index (χ1n) is 25.7. The van der Waals surface area contributed by atoms with Crippen LogP contribution in [0.2, 0.25) is 0 Å². The third kappa shape index (κ3) is 37.7. The lowest BCUT2D eigenvalue weighted by molar-refractivity contribution is -0.162. The van der Waals surface area contributed by atoms with E-state index in [0.717, 1.165) is 135 Å². The van der Waals surface area contributed by atoms with Crippen LogP contribution in [-0.2, 0) is 47.5 Å². The monoisotopic (exact) mass is 920 g/mol. The summed E-state index contributed by atoms with van der Waals surface area (Å²) in [5.41, 5.74) is 0. The molecule has 1 rings (SSSR count). The van der Waals surface area contributed by atoms with Gasteiger partial charge in [0.2, 0.25) is 0 Å². The fraction of sp³-hybridized carbons (Fsp3) is 0.792. The number of rotatable bonds is 43. The quantitative estimate of drug-likeness (QED) is 0.0190. The number of allylic oxidation sites excluding steroid dienone is 4. The van der Waals surface area contributed by atoms with Crippen LogP contribution in [0.1, 0.15) is 176 Å². The third-order valence-corrected chi connectivity index (χ3v) is 11.0. The van der Waals surface area contributed by atoms with E-state index in [1.165, 1.54) is 0 Å². The molecular weight excluding hydrogens is 827 g/mol. The van der Waals surface area contributed by atoms with Gasteiger partial charge in [0, 0.05) is 25.3 Å². The summed E-state index contributed by atoms with van der Waals surface area (Å²) in [6, 6.07) is 0. The Kier molecular flexibility index (Phi) is 41.3. The van der Waals surface area contributed by atoms with Gasteiger partial charge in [0.15, 0.2) is 12.6 Å². The van der Waals surface area contributed by atoms with Gasteiger partial charge in [-0.05, 0) is 77.3 Å². The number of ether oxygens (including phenoxy) is 8. The van der Waals surface area contributed by atoms with Gasteiger partial charge in [0.25, 0.3) is 0 Å². The molecule has 1 heterocycles. The fourth-order valence-electron chi connectivity index (χ4n) is 6.90. The van der Waals surface area contributed by atoms with E-state index < -0.39 is 36.6 Å². The van der Waals surface area contributed by atoms with Crippen LogP contribution in [0.4, 0.5) is 4.79 Å². The summed E-state index contributed by atoms with van der Waals surface area (Å²) >= 11 is 0. The summed E-state index contributed by atoms with van der Waals surface area (Å²) < 4.78 is 46.5. The first kappa shape index (κ1) is 60.0. The molecule has 1 atom stereocenters. The molecule has 0 aromatic heterocycles. The summed E-state index contributed by atoms with van der Waals surface area (Å²) in [5.74, 6) is -1.26. The van der Waals surface area contributed by atoms with E-state index in [2.05, 4.69) is 88.1 Å². The second-order valence-electron chi connectivity index (χ2n) is 17.0. The van der Waals surface area contributed by atoms with E-state index in [1.807, 2.05) is 0 Å². The molecule has 0 bridgehead atoms. The highest BCUT2D eigenvalue weighted by molar-refractivity contribution is 5.70. The van der Waals surface area contributed by atoms with Crippen LogP contribution in [0, 0.1) is 11.8 Å². The predicted octanol–water partition coefficient (Wildman–Crippen LogP) is 12.4. The van der Waals surface area contributed by atoms with E-state index in [9.17, 15) is 14.4 Å². The van der Waals surface area contributed by atoms with Crippen LogP contribution in [0.25, 0.3) is 0 Å². The standard InChI is InChI=1S/C53H93NO11/c1-6-11-15-19-23-27-38-58-51(59-39-28-24-20-16-12-7-2)35-33-49(55)62-44-48(46-65-53(57)64-43-47-32-31-37-54(10-5)42-47)45-63-50(56)34-36-52(60-40-29-25-21-17-13-8-3)61-41-30-26-22-18-14-9-4/h19-26,47-48,51-52H,6-18,27-46H2,1-5H3/b23-19-,24-20-,25-21-,26-22-. The number of esters is 2. The van der Waals surface area contributed by atoms with Crippen LogP contribution < -0.4 is 0 Å². The molecule has 12 nitrogen and oxygen atoms in total. The second kappa shape index (κ2) is 44.8. The van der Waals surface area contributed by atoms with Gasteiger partial charge in [-0.1, -0.05) is 135 Å². The molecule has 1 saturated heterocycles. The van der Waals surface area contributed by atoms with Crippen molar-refractivity contribution in [2.45, 2.75) is 188 Å². The maximum absolute atomic E-state index is 13.1. The largest absolute Gasteiger partial charge is 0.508 e. The van der Waals surface area contributed by atoms with Crippen molar-refractivity contribution in [2.24, 2.45) is 11.8 Å². The van der Waals surface area contributed by atoms with E-state index in [0.29, 0.717) is 39.3 Å². The van der Waals surface area contributed by atoms with Crippen molar-refractivity contribution in [3.8, 4) is 0 Å². The number of likely N-dealkylation sites (tertiary alicyclic amines) is 1. The maximum atomic E-state index is 13.1. The van der Waals surface area contributed by atoms with Crippen molar-refractivity contribution in [3.63, 3.8) is 0 Å². The lowest BCUT2D eigenvalue weighted by Gasteiger charge is -2.31. The van der Waals surface area contributed by atoms with Gasteiger partial charge in [0.1, 0.15) is 19.8 Å². The highest BCUT2D eigenvalue weighted by Crippen LogP contribution is 2.17. The minimum Gasteiger partial charge on any atom is -0.465 e. The van der Waals surface area contributed by atoms with Gasteiger partial charge in [-0.3, -0.25) is 9.59 Å². The molecule has 1 aliphatic heterocycles. The molecule has 376 valence electrons. The minimum atomic E-state index is -0.795. The topological polar surface area (TPSA) is 128 Å². The average molecular weight is 920 g/mol. The molecule has 0 radical (unpaired) electrons. The van der Waals surface area contributed by atoms with Crippen molar-refractivity contribution in [1.29, 1.82) is 0 Å². The fourth-order valence-corrected chi connectivity index (χ4v) is 6.90. The van der Waals surface area contributed by atoms with Crippen LogP contribution >= 0.6 is 0 Å². The Morgan fingerprint density at radius 2 is 0.908 bits per heavy atom. The third-order valence-electron chi connectivity index (χ3n) is 11.0. The Hall–Kier alpha value is -3.03. The molecule has 1 aliphatic rings. The smallest absolute Gasteiger partial charge is 0.465 e. The van der Waals surface area contributed by atoms with E-state index in [4.69, 9.17) is 37.9 Å². The SMILES string of the molecule is CCCC/C=C\CCOC(CCC(=O)OCC(COC(=O)CCC(OCC/C=C\CCCC)OCC/C=C\CCCC)COC(=O)OCC1CCCN(CC)C1)OCC/C=C\CCCC. The van der Waals surface area contributed by atoms with Crippen LogP contribution in [-0.4, -0.2) is 108 Å². The lowest BCUT2D eigenvalue weighted by atomic mass is 9.99. The molecule has 0 amide bonds. The molecule has 0 N–H and O–H groups in total. The molecule has 0 aliphatic carbocycles. The number of piperidine rings is 1. The number of carbonyl (C=O) groups is 3. The summed E-state index contributed by atoms with van der Waals surface area (Å²) in [6.45, 7) is 15.6. The van der Waals surface area contributed by atoms with Crippen molar-refractivity contribution in [3.05, 3.63) is 48.6 Å². The van der Waals surface area contributed by atoms with Crippen LogP contribution in [0.5, 0.6) is 0 Å². The van der Waals surface area contributed by atoms with Crippen LogP contribution in [0.3, 0.4) is 0 Å². The second-order valence-corrected chi connectivity index (χ2v) is 17.0. The van der Waals surface area contributed by atoms with Gasteiger partial charge in [-0.15, -0.1) is 0 Å². The number of carbonyl (C=O) groups excluding carboxylic acids is 3. The Bertz CT molecular complexity index is 1130. The highest BCUT2D eigenvalue weighted by Gasteiger charge is 2.23. The van der Waals surface area contributed by atoms with Gasteiger partial charge >= 0.3 is 18.1 Å². The zero-order chi connectivity index (χ0) is 47.3. The zero-order valence-electron chi connectivity index (χ0n) is 41.7. The molecular formula is C53H93NO11. The van der Waals surface area contributed by atoms with Crippen molar-refractivity contribution in [2.75, 3.05) is 72.5 Å². The van der Waals surface area contributed by atoms with Crippen molar-refractivity contribution < 1.29 is 52.3 Å². The first-order chi connectivity index (χ1) is 31.8. The molecule has 0 spiro atoms. The molecule has 0 aromatic carbocycles. The normalized spacial score (nSPS) is 14.9. The molecule has 1 fully saturated rings. The minimum absolute atomic E-state index is 0.0688. The maximum Gasteiger partial charge on any atom is 0.508 e. The van der Waals surface area contributed by atoms with Gasteiger partial charge < -0.3 is 42.8 Å². The van der Waals surface area contributed by atoms with Crippen molar-refractivity contribution in [1.82, 2.24) is 4.90 Å². The lowest BCUT2D eigenvalue weighted by Crippen LogP contribution is -2.37. The highest BCUT2D eigenvalue weighted by atomic mass is 16.7. The summed E-state index contributed by atoms with van der Waals surface area (Å²) in [4.78, 5) is 41.3. The Balaban J connectivity index is 2.84. The number of unbranched alkanes of at least 4 members (excludes halogenated alkanes) is 8. The Morgan fingerprint density at radius 1 is 0.523 bits per heavy atom. The van der Waals surface area contributed by atoms with Gasteiger partial charge in [-0.2, -0.15) is 0 Å². The first-order valence-corrected chi connectivity index (χ1v) is 25.7. The molecule has 12 heteroatoms. The molecule has 0 saturated carbocycles. The molecule has 65 heavy (non-hydrogen) atoms. The molecule has 0 aromatic rings. The summed E-state index contributed by atoms with van der Waals surface area (Å²) in [6.07, 6.45) is 34.7.